The third-order valence-electron chi connectivity index (χ3n) is 3.14. The Labute approximate surface area is 104 Å². The Balaban J connectivity index is 0.00000128. The minimum atomic E-state index is 0. The molecule has 2 atom stereocenters. The molecule has 0 saturated carbocycles. The number of hydrogen-bond donors (Lipinski definition) is 0. The molecule has 0 saturated heterocycles. The first-order valence-corrected chi connectivity index (χ1v) is 5.60. The van der Waals surface area contributed by atoms with E-state index in [9.17, 15) is 0 Å². The Morgan fingerprint density at radius 1 is 1.31 bits per heavy atom. The second kappa shape index (κ2) is 5.67. The van der Waals surface area contributed by atoms with Gasteiger partial charge in [0, 0.05) is 0 Å². The summed E-state index contributed by atoms with van der Waals surface area (Å²) in [5.41, 5.74) is 2.77. The Morgan fingerprint density at radius 2 is 2.00 bits per heavy atom. The predicted octanol–water partition coefficient (Wildman–Crippen LogP) is 3.02. The van der Waals surface area contributed by atoms with E-state index in [-0.39, 0.29) is 12.4 Å². The van der Waals surface area contributed by atoms with Crippen molar-refractivity contribution in [3.8, 4) is 0 Å². The molecule has 0 aliphatic carbocycles. The average molecular weight is 242 g/mol. The van der Waals surface area contributed by atoms with Crippen LogP contribution in [0.3, 0.4) is 0 Å². The van der Waals surface area contributed by atoms with Crippen LogP contribution in [0.15, 0.2) is 24.3 Å². The lowest BCUT2D eigenvalue weighted by Crippen LogP contribution is -2.36. The van der Waals surface area contributed by atoms with Crippen LogP contribution in [0.25, 0.3) is 0 Å². The molecule has 1 aromatic rings. The zero-order chi connectivity index (χ0) is 10.8. The number of fused-ring (bicyclic) bond motifs is 1. The van der Waals surface area contributed by atoms with Gasteiger partial charge in [0.15, 0.2) is 0 Å². The topological polar surface area (TPSA) is 12.5 Å². The number of halogens is 1. The Bertz CT molecular complexity index is 340. The first kappa shape index (κ1) is 13.5. The number of rotatable bonds is 2. The molecule has 90 valence electrons. The fourth-order valence-corrected chi connectivity index (χ4v) is 2.39. The van der Waals surface area contributed by atoms with Crippen LogP contribution < -0.4 is 0 Å². The summed E-state index contributed by atoms with van der Waals surface area (Å²) in [7, 11) is 4.25. The molecule has 1 heterocycles. The van der Waals surface area contributed by atoms with Crippen molar-refractivity contribution >= 4 is 12.4 Å². The molecule has 1 aliphatic rings. The Hall–Kier alpha value is -0.570. The first-order valence-electron chi connectivity index (χ1n) is 5.60. The lowest BCUT2D eigenvalue weighted by molar-refractivity contribution is -0.0300. The van der Waals surface area contributed by atoms with Gasteiger partial charge in [0.05, 0.1) is 18.8 Å². The van der Waals surface area contributed by atoms with Gasteiger partial charge in [-0.05, 0) is 31.6 Å². The molecule has 0 radical (unpaired) electrons. The van der Waals surface area contributed by atoms with Crippen LogP contribution in [0.1, 0.15) is 30.5 Å². The fourth-order valence-electron chi connectivity index (χ4n) is 2.39. The van der Waals surface area contributed by atoms with Crippen molar-refractivity contribution < 1.29 is 4.74 Å². The fraction of sp³-hybridized carbons (Fsp3) is 0.538. The zero-order valence-corrected chi connectivity index (χ0v) is 11.0. The van der Waals surface area contributed by atoms with Crippen LogP contribution in [0.4, 0.5) is 0 Å². The quantitative estimate of drug-likeness (QED) is 0.789. The minimum absolute atomic E-state index is 0. The summed E-state index contributed by atoms with van der Waals surface area (Å²) in [5.74, 6) is 0. The summed E-state index contributed by atoms with van der Waals surface area (Å²) < 4.78 is 5.89. The van der Waals surface area contributed by atoms with Crippen molar-refractivity contribution in [2.24, 2.45) is 0 Å². The van der Waals surface area contributed by atoms with Gasteiger partial charge in [0.1, 0.15) is 0 Å². The smallest absolute Gasteiger partial charge is 0.0773 e. The van der Waals surface area contributed by atoms with Crippen molar-refractivity contribution in [2.45, 2.75) is 32.1 Å². The highest BCUT2D eigenvalue weighted by atomic mass is 35.5. The third-order valence-corrected chi connectivity index (χ3v) is 3.14. The van der Waals surface area contributed by atoms with Gasteiger partial charge in [-0.25, -0.2) is 0 Å². The van der Waals surface area contributed by atoms with Crippen molar-refractivity contribution in [3.63, 3.8) is 0 Å². The van der Waals surface area contributed by atoms with Gasteiger partial charge in [-0.3, -0.25) is 0 Å². The summed E-state index contributed by atoms with van der Waals surface area (Å²) in [4.78, 5) is 2.26. The van der Waals surface area contributed by atoms with Crippen LogP contribution in [0, 0.1) is 0 Å². The highest BCUT2D eigenvalue weighted by molar-refractivity contribution is 5.85. The number of benzene rings is 1. The third kappa shape index (κ3) is 2.40. The molecule has 0 bridgehead atoms. The monoisotopic (exact) mass is 241 g/mol. The normalized spacial score (nSPS) is 23.8. The number of hydrogen-bond acceptors (Lipinski definition) is 2. The number of nitrogens with zero attached hydrogens (tertiary/aromatic N) is 1. The highest BCUT2D eigenvalue weighted by Gasteiger charge is 2.30. The molecule has 0 fully saturated rings. The molecule has 1 aromatic carbocycles. The standard InChI is InChI=1S/C13H19NO.ClH/c1-4-12-13(14(2)3)11-8-6-5-7-10(11)9-15-12;/h5-8,12-13H,4,9H2,1-3H3;1H/t12-,13+;/m1./s1. The maximum atomic E-state index is 5.89. The molecule has 0 amide bonds. The van der Waals surface area contributed by atoms with E-state index in [0.717, 1.165) is 13.0 Å². The van der Waals surface area contributed by atoms with Gasteiger partial charge in [0.2, 0.25) is 0 Å². The molecule has 0 N–H and O–H groups in total. The Kier molecular flexibility index (Phi) is 4.78. The lowest BCUT2D eigenvalue weighted by atomic mass is 9.92. The van der Waals surface area contributed by atoms with E-state index in [1.165, 1.54) is 11.1 Å². The van der Waals surface area contributed by atoms with Crippen LogP contribution in [0.5, 0.6) is 0 Å². The number of likely N-dealkylation sites (N-methyl/N-ethyl adjacent to an activating group) is 1. The van der Waals surface area contributed by atoms with E-state index in [1.807, 2.05) is 0 Å². The van der Waals surface area contributed by atoms with Crippen molar-refractivity contribution in [1.82, 2.24) is 4.90 Å². The van der Waals surface area contributed by atoms with Crippen LogP contribution in [0.2, 0.25) is 0 Å². The summed E-state index contributed by atoms with van der Waals surface area (Å²) in [6.07, 6.45) is 1.40. The summed E-state index contributed by atoms with van der Waals surface area (Å²) in [6, 6.07) is 9.00. The average Bonchev–Trinajstić information content (AvgIpc) is 2.27. The van der Waals surface area contributed by atoms with Crippen molar-refractivity contribution in [2.75, 3.05) is 14.1 Å². The molecule has 0 spiro atoms. The van der Waals surface area contributed by atoms with Gasteiger partial charge in [-0.15, -0.1) is 12.4 Å². The maximum Gasteiger partial charge on any atom is 0.0773 e. The largest absolute Gasteiger partial charge is 0.372 e. The van der Waals surface area contributed by atoms with E-state index in [0.29, 0.717) is 12.1 Å². The maximum absolute atomic E-state index is 5.89. The second-order valence-electron chi connectivity index (χ2n) is 4.36. The van der Waals surface area contributed by atoms with Crippen molar-refractivity contribution in [1.29, 1.82) is 0 Å². The molecule has 2 rings (SSSR count). The second-order valence-corrected chi connectivity index (χ2v) is 4.36. The zero-order valence-electron chi connectivity index (χ0n) is 10.1. The molecule has 0 unspecified atom stereocenters. The minimum Gasteiger partial charge on any atom is -0.372 e. The van der Waals surface area contributed by atoms with E-state index >= 15 is 0 Å². The first-order chi connectivity index (χ1) is 7.24. The SMILES string of the molecule is CC[C@H]1OCc2ccccc2[C@@H]1N(C)C.Cl. The molecule has 1 aliphatic heterocycles. The molecule has 3 heteroatoms. The van der Waals surface area contributed by atoms with Gasteiger partial charge in [-0.1, -0.05) is 31.2 Å². The number of ether oxygens (including phenoxy) is 1. The Morgan fingerprint density at radius 3 is 2.62 bits per heavy atom. The van der Waals surface area contributed by atoms with E-state index in [4.69, 9.17) is 4.74 Å². The lowest BCUT2D eigenvalue weighted by Gasteiger charge is -2.37. The van der Waals surface area contributed by atoms with Crippen molar-refractivity contribution in [3.05, 3.63) is 35.4 Å². The molecule has 2 nitrogen and oxygen atoms in total. The van der Waals surface area contributed by atoms with E-state index in [2.05, 4.69) is 50.2 Å². The van der Waals surface area contributed by atoms with Crippen LogP contribution >= 0.6 is 12.4 Å². The molecular formula is C13H20ClNO. The van der Waals surface area contributed by atoms with Crippen LogP contribution in [-0.2, 0) is 11.3 Å². The molecular weight excluding hydrogens is 222 g/mol. The summed E-state index contributed by atoms with van der Waals surface area (Å²) in [5, 5.41) is 0. The van der Waals surface area contributed by atoms with Crippen LogP contribution in [-0.4, -0.2) is 25.1 Å². The van der Waals surface area contributed by atoms with Gasteiger partial charge in [-0.2, -0.15) is 0 Å². The molecule has 0 aromatic heterocycles. The summed E-state index contributed by atoms with van der Waals surface area (Å²) in [6.45, 7) is 2.95. The van der Waals surface area contributed by atoms with Gasteiger partial charge < -0.3 is 9.64 Å². The summed E-state index contributed by atoms with van der Waals surface area (Å²) >= 11 is 0. The highest BCUT2D eigenvalue weighted by Crippen LogP contribution is 2.33. The van der Waals surface area contributed by atoms with Gasteiger partial charge in [0.25, 0.3) is 0 Å². The molecule has 16 heavy (non-hydrogen) atoms. The van der Waals surface area contributed by atoms with Gasteiger partial charge >= 0.3 is 0 Å². The predicted molar refractivity (Wildman–Crippen MR) is 69.0 cm³/mol. The van der Waals surface area contributed by atoms with E-state index < -0.39 is 0 Å². The van der Waals surface area contributed by atoms with E-state index in [1.54, 1.807) is 0 Å².